The first-order valence-electron chi connectivity index (χ1n) is 4.00. The monoisotopic (exact) mass is 160 g/mol. The third kappa shape index (κ3) is 3.98. The molecule has 0 fully saturated rings. The topological polar surface area (TPSA) is 46.5 Å². The Morgan fingerprint density at radius 2 is 1.91 bits per heavy atom. The van der Waals surface area contributed by atoms with Crippen LogP contribution in [0.1, 0.15) is 33.6 Å². The first-order chi connectivity index (χ1) is 5.11. The van der Waals surface area contributed by atoms with Crippen LogP contribution < -0.4 is 0 Å². The zero-order valence-electron chi connectivity index (χ0n) is 7.33. The van der Waals surface area contributed by atoms with E-state index in [4.69, 9.17) is 9.84 Å². The van der Waals surface area contributed by atoms with Crippen LogP contribution >= 0.6 is 0 Å². The average molecular weight is 160 g/mol. The molecule has 0 rings (SSSR count). The predicted molar refractivity (Wildman–Crippen MR) is 42.1 cm³/mol. The number of hydrogen-bond donors (Lipinski definition) is 1. The van der Waals surface area contributed by atoms with Gasteiger partial charge in [0.2, 0.25) is 0 Å². The fourth-order valence-electron chi connectivity index (χ4n) is 0.718. The molecule has 1 atom stereocenters. The summed E-state index contributed by atoms with van der Waals surface area (Å²) in [6.45, 7) is 5.30. The van der Waals surface area contributed by atoms with E-state index in [-0.39, 0.29) is 6.10 Å². The molecule has 0 aromatic heterocycles. The molecule has 0 radical (unpaired) electrons. The number of aliphatic hydroxyl groups is 1. The Morgan fingerprint density at radius 3 is 2.18 bits per heavy atom. The lowest BCUT2D eigenvalue weighted by Gasteiger charge is -2.14. The number of carbonyl (C=O) groups is 1. The Morgan fingerprint density at radius 1 is 1.45 bits per heavy atom. The first-order valence-corrected chi connectivity index (χ1v) is 4.00. The van der Waals surface area contributed by atoms with Gasteiger partial charge in [-0.15, -0.1) is 0 Å². The lowest BCUT2D eigenvalue weighted by Crippen LogP contribution is -2.25. The van der Waals surface area contributed by atoms with E-state index in [0.29, 0.717) is 0 Å². The highest BCUT2D eigenvalue weighted by Crippen LogP contribution is 2.03. The molecule has 0 aliphatic heterocycles. The summed E-state index contributed by atoms with van der Waals surface area (Å²) in [5, 5.41) is 8.79. The molecule has 3 nitrogen and oxygen atoms in total. The Balaban J connectivity index is 3.72. The van der Waals surface area contributed by atoms with Crippen molar-refractivity contribution in [2.75, 3.05) is 0 Å². The number of hydrogen-bond acceptors (Lipinski definition) is 3. The lowest BCUT2D eigenvalue weighted by molar-refractivity contribution is -0.158. The van der Waals surface area contributed by atoms with Crippen LogP contribution in [0, 0.1) is 0 Å². The van der Waals surface area contributed by atoms with E-state index in [9.17, 15) is 4.79 Å². The van der Waals surface area contributed by atoms with Crippen LogP contribution in [0.25, 0.3) is 0 Å². The molecule has 11 heavy (non-hydrogen) atoms. The second-order valence-electron chi connectivity index (χ2n) is 2.55. The summed E-state index contributed by atoms with van der Waals surface area (Å²) >= 11 is 0. The van der Waals surface area contributed by atoms with Gasteiger partial charge < -0.3 is 9.84 Å². The molecule has 0 heterocycles. The molecule has 0 aromatic carbocycles. The summed E-state index contributed by atoms with van der Waals surface area (Å²) in [5.74, 6) is -0.529. The molecule has 0 amide bonds. The Kier molecular flexibility index (Phi) is 4.86. The van der Waals surface area contributed by atoms with Gasteiger partial charge in [-0.1, -0.05) is 13.8 Å². The van der Waals surface area contributed by atoms with Crippen molar-refractivity contribution in [3.8, 4) is 0 Å². The third-order valence-electron chi connectivity index (χ3n) is 1.53. The zero-order valence-corrected chi connectivity index (χ0v) is 7.33. The molecule has 0 aliphatic carbocycles. The molecule has 1 N–H and O–H groups in total. The van der Waals surface area contributed by atoms with Crippen molar-refractivity contribution in [3.05, 3.63) is 0 Å². The van der Waals surface area contributed by atoms with Crippen molar-refractivity contribution in [1.82, 2.24) is 0 Å². The van der Waals surface area contributed by atoms with Crippen molar-refractivity contribution in [3.63, 3.8) is 0 Å². The fourth-order valence-corrected chi connectivity index (χ4v) is 0.718. The molecule has 66 valence electrons. The summed E-state index contributed by atoms with van der Waals surface area (Å²) in [6.07, 6.45) is 0.553. The maximum Gasteiger partial charge on any atom is 0.334 e. The van der Waals surface area contributed by atoms with Gasteiger partial charge in [0, 0.05) is 0 Å². The molecule has 3 heteroatoms. The number of rotatable bonds is 4. The average Bonchev–Trinajstić information content (AvgIpc) is 1.99. The van der Waals surface area contributed by atoms with Crippen LogP contribution in [0.5, 0.6) is 0 Å². The van der Waals surface area contributed by atoms with Crippen molar-refractivity contribution >= 4 is 5.97 Å². The van der Waals surface area contributed by atoms with Gasteiger partial charge in [0.25, 0.3) is 0 Å². The van der Waals surface area contributed by atoms with Crippen LogP contribution in [-0.4, -0.2) is 23.3 Å². The standard InChI is InChI=1S/C8H16O3/c1-4-7(5-2)11-8(10)6(3)9/h6-7,9H,4-5H2,1-3H3/t6-/m0/s1. The Labute approximate surface area is 67.4 Å². The minimum atomic E-state index is -1.00. The van der Waals surface area contributed by atoms with Gasteiger partial charge in [0.1, 0.15) is 12.2 Å². The molecular weight excluding hydrogens is 144 g/mol. The van der Waals surface area contributed by atoms with Gasteiger partial charge in [0.15, 0.2) is 0 Å². The molecule has 0 bridgehead atoms. The maximum atomic E-state index is 10.8. The summed E-state index contributed by atoms with van der Waals surface area (Å²) in [6, 6.07) is 0. The second-order valence-corrected chi connectivity index (χ2v) is 2.55. The number of carbonyl (C=O) groups excluding carboxylic acids is 1. The van der Waals surface area contributed by atoms with Gasteiger partial charge in [0.05, 0.1) is 0 Å². The minimum Gasteiger partial charge on any atom is -0.460 e. The normalized spacial score (nSPS) is 13.2. The zero-order chi connectivity index (χ0) is 8.85. The molecule has 0 spiro atoms. The SMILES string of the molecule is CCC(CC)OC(=O)[C@H](C)O. The van der Waals surface area contributed by atoms with Crippen LogP contribution in [0.2, 0.25) is 0 Å². The second kappa shape index (κ2) is 5.13. The molecule has 0 aliphatic rings. The van der Waals surface area contributed by atoms with E-state index in [1.165, 1.54) is 6.92 Å². The van der Waals surface area contributed by atoms with Crippen LogP contribution in [-0.2, 0) is 9.53 Å². The minimum absolute atomic E-state index is 0.0444. The van der Waals surface area contributed by atoms with Gasteiger partial charge >= 0.3 is 5.97 Å². The van der Waals surface area contributed by atoms with Crippen molar-refractivity contribution in [2.45, 2.75) is 45.8 Å². The smallest absolute Gasteiger partial charge is 0.334 e. The van der Waals surface area contributed by atoms with E-state index < -0.39 is 12.1 Å². The lowest BCUT2D eigenvalue weighted by atomic mass is 10.2. The molecule has 0 unspecified atom stereocenters. The largest absolute Gasteiger partial charge is 0.460 e. The summed E-state index contributed by atoms with van der Waals surface area (Å²) in [5.41, 5.74) is 0. The Hall–Kier alpha value is -0.570. The predicted octanol–water partition coefficient (Wildman–Crippen LogP) is 1.10. The fraction of sp³-hybridized carbons (Fsp3) is 0.875. The maximum absolute atomic E-state index is 10.8. The molecular formula is C8H16O3. The highest BCUT2D eigenvalue weighted by Gasteiger charge is 2.14. The van der Waals surface area contributed by atoms with Gasteiger partial charge in [-0.05, 0) is 19.8 Å². The summed E-state index contributed by atoms with van der Waals surface area (Å²) in [7, 11) is 0. The first kappa shape index (κ1) is 10.4. The van der Waals surface area contributed by atoms with E-state index >= 15 is 0 Å². The van der Waals surface area contributed by atoms with Crippen LogP contribution in [0.3, 0.4) is 0 Å². The number of ether oxygens (including phenoxy) is 1. The van der Waals surface area contributed by atoms with E-state index in [0.717, 1.165) is 12.8 Å². The van der Waals surface area contributed by atoms with Crippen molar-refractivity contribution in [2.24, 2.45) is 0 Å². The molecule has 0 aromatic rings. The van der Waals surface area contributed by atoms with E-state index in [1.807, 2.05) is 13.8 Å². The highest BCUT2D eigenvalue weighted by molar-refractivity contribution is 5.73. The van der Waals surface area contributed by atoms with Crippen molar-refractivity contribution < 1.29 is 14.6 Å². The van der Waals surface area contributed by atoms with Gasteiger partial charge in [-0.25, -0.2) is 4.79 Å². The van der Waals surface area contributed by atoms with Crippen LogP contribution in [0.15, 0.2) is 0 Å². The molecule has 0 saturated carbocycles. The number of esters is 1. The quantitative estimate of drug-likeness (QED) is 0.626. The number of aliphatic hydroxyl groups excluding tert-OH is 1. The van der Waals surface area contributed by atoms with Crippen molar-refractivity contribution in [1.29, 1.82) is 0 Å². The highest BCUT2D eigenvalue weighted by atomic mass is 16.6. The third-order valence-corrected chi connectivity index (χ3v) is 1.53. The van der Waals surface area contributed by atoms with E-state index in [2.05, 4.69) is 0 Å². The summed E-state index contributed by atoms with van der Waals surface area (Å²) in [4.78, 5) is 10.8. The van der Waals surface area contributed by atoms with Gasteiger partial charge in [-0.3, -0.25) is 0 Å². The summed E-state index contributed by atoms with van der Waals surface area (Å²) < 4.78 is 4.92. The van der Waals surface area contributed by atoms with E-state index in [1.54, 1.807) is 0 Å². The molecule has 0 saturated heterocycles. The van der Waals surface area contributed by atoms with Gasteiger partial charge in [-0.2, -0.15) is 0 Å². The van der Waals surface area contributed by atoms with Crippen LogP contribution in [0.4, 0.5) is 0 Å². The Bertz CT molecular complexity index is 117.